The first-order valence-electron chi connectivity index (χ1n) is 9.51. The molecule has 1 N–H and O–H groups in total. The maximum absolute atomic E-state index is 12.9. The van der Waals surface area contributed by atoms with Crippen LogP contribution in [0.2, 0.25) is 0 Å². The minimum absolute atomic E-state index is 0.205. The number of para-hydroxylation sites is 1. The van der Waals surface area contributed by atoms with Crippen molar-refractivity contribution in [1.29, 1.82) is 0 Å². The highest BCUT2D eigenvalue weighted by Crippen LogP contribution is 2.26. The predicted molar refractivity (Wildman–Crippen MR) is 107 cm³/mol. The van der Waals surface area contributed by atoms with Crippen molar-refractivity contribution in [3.8, 4) is 5.75 Å². The lowest BCUT2D eigenvalue weighted by Gasteiger charge is -2.15. The number of aromatic nitrogens is 1. The molecule has 3 rings (SSSR count). The Morgan fingerprint density at radius 2 is 1.89 bits per heavy atom. The van der Waals surface area contributed by atoms with E-state index in [0.29, 0.717) is 37.6 Å². The molecule has 1 amide bonds. The maximum Gasteiger partial charge on any atom is 0.268 e. The highest BCUT2D eigenvalue weighted by atomic mass is 32.2. The SMILES string of the molecule is CCOc1ccccc1CNC(=O)c1cc(S(=O)(=O)N2CCCC2)c(C)n1C. The number of carbonyl (C=O) groups excluding carboxylic acids is 1. The van der Waals surface area contributed by atoms with E-state index < -0.39 is 10.0 Å². The summed E-state index contributed by atoms with van der Waals surface area (Å²) >= 11 is 0. The van der Waals surface area contributed by atoms with Gasteiger partial charge in [0.05, 0.1) is 6.61 Å². The van der Waals surface area contributed by atoms with Crippen molar-refractivity contribution in [2.24, 2.45) is 7.05 Å². The standard InChI is InChI=1S/C20H27N3O4S/c1-4-27-18-10-6-5-9-16(18)14-21-20(24)17-13-19(15(2)22(17)3)28(25,26)23-11-7-8-12-23/h5-6,9-10,13H,4,7-8,11-12,14H2,1-3H3,(H,21,24). The molecular formula is C20H27N3O4S. The number of sulfonamides is 1. The lowest BCUT2D eigenvalue weighted by Crippen LogP contribution is -2.28. The summed E-state index contributed by atoms with van der Waals surface area (Å²) in [7, 11) is -1.86. The van der Waals surface area contributed by atoms with Gasteiger partial charge >= 0.3 is 0 Å². The molecule has 28 heavy (non-hydrogen) atoms. The van der Waals surface area contributed by atoms with Crippen molar-refractivity contribution >= 4 is 15.9 Å². The van der Waals surface area contributed by atoms with Gasteiger partial charge in [0, 0.05) is 37.9 Å². The number of ether oxygens (including phenoxy) is 1. The Morgan fingerprint density at radius 3 is 2.57 bits per heavy atom. The molecule has 0 spiro atoms. The average molecular weight is 406 g/mol. The first kappa shape index (κ1) is 20.4. The van der Waals surface area contributed by atoms with Gasteiger partial charge < -0.3 is 14.6 Å². The summed E-state index contributed by atoms with van der Waals surface area (Å²) in [5, 5.41) is 2.87. The Morgan fingerprint density at radius 1 is 1.21 bits per heavy atom. The Kier molecular flexibility index (Phi) is 6.10. The molecule has 1 saturated heterocycles. The van der Waals surface area contributed by atoms with Crippen molar-refractivity contribution in [3.63, 3.8) is 0 Å². The second-order valence-electron chi connectivity index (χ2n) is 6.87. The quantitative estimate of drug-likeness (QED) is 0.767. The van der Waals surface area contributed by atoms with Gasteiger partial charge in [-0.25, -0.2) is 8.42 Å². The van der Waals surface area contributed by atoms with Gasteiger partial charge in [0.1, 0.15) is 16.3 Å². The lowest BCUT2D eigenvalue weighted by atomic mass is 10.2. The number of nitrogens with zero attached hydrogens (tertiary/aromatic N) is 2. The summed E-state index contributed by atoms with van der Waals surface area (Å²) in [6.45, 7) is 5.54. The molecule has 2 heterocycles. The smallest absolute Gasteiger partial charge is 0.268 e. The molecule has 1 aromatic heterocycles. The van der Waals surface area contributed by atoms with Crippen LogP contribution in [0, 0.1) is 6.92 Å². The highest BCUT2D eigenvalue weighted by molar-refractivity contribution is 7.89. The van der Waals surface area contributed by atoms with Gasteiger partial charge in [-0.05, 0) is 38.8 Å². The number of rotatable bonds is 7. The van der Waals surface area contributed by atoms with Crippen molar-refractivity contribution in [1.82, 2.24) is 14.2 Å². The molecule has 2 aromatic rings. The second-order valence-corrected chi connectivity index (χ2v) is 8.78. The zero-order valence-electron chi connectivity index (χ0n) is 16.6. The molecule has 0 radical (unpaired) electrons. The summed E-state index contributed by atoms with van der Waals surface area (Å²) in [5.74, 6) is 0.408. The molecule has 0 aliphatic carbocycles. The third kappa shape index (κ3) is 3.93. The van der Waals surface area contributed by atoms with E-state index in [0.717, 1.165) is 24.2 Å². The summed E-state index contributed by atoms with van der Waals surface area (Å²) in [5.41, 5.74) is 1.75. The Balaban J connectivity index is 1.80. The van der Waals surface area contributed by atoms with Crippen LogP contribution in [0.4, 0.5) is 0 Å². The van der Waals surface area contributed by atoms with Crippen molar-refractivity contribution < 1.29 is 17.9 Å². The first-order chi connectivity index (χ1) is 13.4. The fraction of sp³-hybridized carbons (Fsp3) is 0.450. The number of benzene rings is 1. The van der Waals surface area contributed by atoms with Crippen LogP contribution in [-0.2, 0) is 23.6 Å². The second kappa shape index (κ2) is 8.36. The Bertz CT molecular complexity index is 960. The van der Waals surface area contributed by atoms with Gasteiger partial charge in [0.15, 0.2) is 0 Å². The van der Waals surface area contributed by atoms with E-state index in [1.165, 1.54) is 10.4 Å². The van der Waals surface area contributed by atoms with Crippen LogP contribution in [0.1, 0.15) is 41.5 Å². The minimum atomic E-state index is -3.57. The zero-order chi connectivity index (χ0) is 20.3. The molecule has 1 aromatic carbocycles. The van der Waals surface area contributed by atoms with Gasteiger partial charge in [0.2, 0.25) is 10.0 Å². The summed E-state index contributed by atoms with van der Waals surface area (Å²) in [6.07, 6.45) is 1.75. The molecule has 1 aliphatic heterocycles. The van der Waals surface area contributed by atoms with Crippen LogP contribution in [0.5, 0.6) is 5.75 Å². The molecular weight excluding hydrogens is 378 g/mol. The van der Waals surface area contributed by atoms with E-state index >= 15 is 0 Å². The molecule has 0 saturated carbocycles. The summed E-state index contributed by atoms with van der Waals surface area (Å²) in [4.78, 5) is 12.9. The van der Waals surface area contributed by atoms with E-state index in [1.807, 2.05) is 31.2 Å². The van der Waals surface area contributed by atoms with E-state index in [4.69, 9.17) is 4.74 Å². The molecule has 0 unspecified atom stereocenters. The Labute approximate surface area is 166 Å². The largest absolute Gasteiger partial charge is 0.494 e. The Hall–Kier alpha value is -2.32. The fourth-order valence-corrected chi connectivity index (χ4v) is 5.22. The predicted octanol–water partition coefficient (Wildman–Crippen LogP) is 2.45. The number of hydrogen-bond donors (Lipinski definition) is 1. The third-order valence-electron chi connectivity index (χ3n) is 5.12. The van der Waals surface area contributed by atoms with Crippen molar-refractivity contribution in [3.05, 3.63) is 47.3 Å². The van der Waals surface area contributed by atoms with Gasteiger partial charge in [-0.1, -0.05) is 18.2 Å². The maximum atomic E-state index is 12.9. The third-order valence-corrected chi connectivity index (χ3v) is 7.13. The highest BCUT2D eigenvalue weighted by Gasteiger charge is 2.31. The number of amides is 1. The van der Waals surface area contributed by atoms with Crippen LogP contribution in [0.15, 0.2) is 35.2 Å². The van der Waals surface area contributed by atoms with Crippen molar-refractivity contribution in [2.75, 3.05) is 19.7 Å². The number of hydrogen-bond acceptors (Lipinski definition) is 4. The average Bonchev–Trinajstić information content (AvgIpc) is 3.31. The first-order valence-corrected chi connectivity index (χ1v) is 11.0. The monoisotopic (exact) mass is 405 g/mol. The molecule has 8 heteroatoms. The van der Waals surface area contributed by atoms with Crippen LogP contribution >= 0.6 is 0 Å². The van der Waals surface area contributed by atoms with Crippen LogP contribution in [0.25, 0.3) is 0 Å². The van der Waals surface area contributed by atoms with E-state index in [1.54, 1.807) is 18.5 Å². The van der Waals surface area contributed by atoms with Crippen LogP contribution < -0.4 is 10.1 Å². The van der Waals surface area contributed by atoms with Crippen molar-refractivity contribution in [2.45, 2.75) is 38.1 Å². The number of carbonyl (C=O) groups is 1. The zero-order valence-corrected chi connectivity index (χ0v) is 17.4. The molecule has 0 atom stereocenters. The van der Waals surface area contributed by atoms with Gasteiger partial charge in [0.25, 0.3) is 5.91 Å². The molecule has 1 aliphatic rings. The summed E-state index contributed by atoms with van der Waals surface area (Å²) in [6, 6.07) is 9.00. The van der Waals surface area contributed by atoms with E-state index in [2.05, 4.69) is 5.32 Å². The van der Waals surface area contributed by atoms with Gasteiger partial charge in [-0.2, -0.15) is 4.31 Å². The van der Waals surface area contributed by atoms with E-state index in [-0.39, 0.29) is 10.8 Å². The summed E-state index contributed by atoms with van der Waals surface area (Å²) < 4.78 is 34.5. The van der Waals surface area contributed by atoms with Gasteiger partial charge in [-0.3, -0.25) is 4.79 Å². The van der Waals surface area contributed by atoms with Gasteiger partial charge in [-0.15, -0.1) is 0 Å². The topological polar surface area (TPSA) is 80.6 Å². The fourth-order valence-electron chi connectivity index (χ4n) is 3.43. The van der Waals surface area contributed by atoms with Crippen LogP contribution in [0.3, 0.4) is 0 Å². The van der Waals surface area contributed by atoms with Crippen LogP contribution in [-0.4, -0.2) is 42.9 Å². The van der Waals surface area contributed by atoms with E-state index in [9.17, 15) is 13.2 Å². The number of nitrogens with one attached hydrogen (secondary N) is 1. The molecule has 7 nitrogen and oxygen atoms in total. The molecule has 0 bridgehead atoms. The normalized spacial score (nSPS) is 15.0. The molecule has 1 fully saturated rings. The lowest BCUT2D eigenvalue weighted by molar-refractivity contribution is 0.0942. The molecule has 152 valence electrons. The minimum Gasteiger partial charge on any atom is -0.494 e.